The van der Waals surface area contributed by atoms with E-state index in [2.05, 4.69) is 20.9 Å². The summed E-state index contributed by atoms with van der Waals surface area (Å²) >= 11 is 0. The topological polar surface area (TPSA) is 93.3 Å². The second kappa shape index (κ2) is 7.99. The van der Waals surface area contributed by atoms with E-state index in [1.165, 1.54) is 7.05 Å². The largest absolute Gasteiger partial charge is 0.358 e. The van der Waals surface area contributed by atoms with Crippen molar-refractivity contribution in [1.29, 1.82) is 0 Å². The standard InChI is InChI=1S/C19H23N5O2S/c1-13-10-15(8-9-18(13)27(26)24(20)12-19(25)21-3)11-23-14(2)22-16-6-4-5-7-17(16)23/h4-10H,11-12,20H2,1-3H3,(H,21,25). The highest BCUT2D eigenvalue weighted by molar-refractivity contribution is 7.82. The minimum Gasteiger partial charge on any atom is -0.358 e. The molecule has 3 aromatic rings. The highest BCUT2D eigenvalue weighted by Gasteiger charge is 2.17. The van der Waals surface area contributed by atoms with Gasteiger partial charge in [-0.05, 0) is 43.2 Å². The van der Waals surface area contributed by atoms with Gasteiger partial charge in [0.2, 0.25) is 5.91 Å². The number of likely N-dealkylation sites (N-methyl/N-ethyl adjacent to an activating group) is 1. The molecule has 3 N–H and O–H groups in total. The molecule has 0 spiro atoms. The van der Waals surface area contributed by atoms with Crippen LogP contribution in [0.25, 0.3) is 11.0 Å². The van der Waals surface area contributed by atoms with Gasteiger partial charge in [-0.15, -0.1) is 0 Å². The van der Waals surface area contributed by atoms with Gasteiger partial charge in [-0.2, -0.15) is 4.41 Å². The maximum Gasteiger partial charge on any atom is 0.236 e. The van der Waals surface area contributed by atoms with Crippen LogP contribution in [0.3, 0.4) is 0 Å². The van der Waals surface area contributed by atoms with E-state index in [4.69, 9.17) is 5.84 Å². The minimum atomic E-state index is -1.60. The third-order valence-corrected chi connectivity index (χ3v) is 5.79. The summed E-state index contributed by atoms with van der Waals surface area (Å²) in [5.74, 6) is 6.44. The van der Waals surface area contributed by atoms with Crippen molar-refractivity contribution in [3.05, 3.63) is 59.4 Å². The first-order valence-electron chi connectivity index (χ1n) is 8.57. The van der Waals surface area contributed by atoms with Gasteiger partial charge in [-0.3, -0.25) is 10.6 Å². The molecule has 0 aliphatic rings. The molecule has 0 fully saturated rings. The van der Waals surface area contributed by atoms with Crippen molar-refractivity contribution in [1.82, 2.24) is 19.3 Å². The molecule has 0 bridgehead atoms. The van der Waals surface area contributed by atoms with Crippen LogP contribution in [0.4, 0.5) is 0 Å². The number of aromatic nitrogens is 2. The van der Waals surface area contributed by atoms with E-state index < -0.39 is 11.0 Å². The fraction of sp³-hybridized carbons (Fsp3) is 0.263. The summed E-state index contributed by atoms with van der Waals surface area (Å²) in [5.41, 5.74) is 3.99. The number of nitrogens with two attached hydrogens (primary N) is 1. The van der Waals surface area contributed by atoms with Crippen LogP contribution in [0.1, 0.15) is 17.0 Å². The zero-order valence-corrected chi connectivity index (χ0v) is 16.4. The predicted molar refractivity (Wildman–Crippen MR) is 106 cm³/mol. The van der Waals surface area contributed by atoms with Gasteiger partial charge in [0.25, 0.3) is 0 Å². The van der Waals surface area contributed by atoms with E-state index in [-0.39, 0.29) is 12.5 Å². The highest BCUT2D eigenvalue weighted by Crippen LogP contribution is 2.20. The van der Waals surface area contributed by atoms with E-state index >= 15 is 0 Å². The fourth-order valence-electron chi connectivity index (χ4n) is 2.99. The van der Waals surface area contributed by atoms with Crippen LogP contribution in [0.2, 0.25) is 0 Å². The molecular weight excluding hydrogens is 362 g/mol. The quantitative estimate of drug-likeness (QED) is 0.498. The first-order chi connectivity index (χ1) is 12.9. The number of carbonyl (C=O) groups is 1. The molecule has 2 aromatic carbocycles. The van der Waals surface area contributed by atoms with Gasteiger partial charge in [0.1, 0.15) is 23.4 Å². The Morgan fingerprint density at radius 2 is 2.00 bits per heavy atom. The number of amides is 1. The highest BCUT2D eigenvalue weighted by atomic mass is 32.2. The third-order valence-electron chi connectivity index (χ3n) is 4.40. The summed E-state index contributed by atoms with van der Waals surface area (Å²) in [5, 5.41) is 2.47. The third kappa shape index (κ3) is 4.08. The van der Waals surface area contributed by atoms with Crippen LogP contribution in [0.15, 0.2) is 47.4 Å². The van der Waals surface area contributed by atoms with Crippen LogP contribution in [0.5, 0.6) is 0 Å². The molecule has 0 saturated carbocycles. The first kappa shape index (κ1) is 19.2. The lowest BCUT2D eigenvalue weighted by molar-refractivity contribution is -0.120. The number of imidazole rings is 1. The van der Waals surface area contributed by atoms with Crippen LogP contribution >= 0.6 is 0 Å². The van der Waals surface area contributed by atoms with Gasteiger partial charge < -0.3 is 9.88 Å². The van der Waals surface area contributed by atoms with Crippen LogP contribution < -0.4 is 11.2 Å². The second-order valence-corrected chi connectivity index (χ2v) is 7.74. The summed E-state index contributed by atoms with van der Waals surface area (Å²) in [7, 11) is -0.0896. The monoisotopic (exact) mass is 385 g/mol. The Morgan fingerprint density at radius 1 is 1.26 bits per heavy atom. The number of nitrogens with zero attached hydrogens (tertiary/aromatic N) is 3. The van der Waals surface area contributed by atoms with Gasteiger partial charge in [-0.25, -0.2) is 9.19 Å². The summed E-state index contributed by atoms with van der Waals surface area (Å²) in [6, 6.07) is 13.8. The lowest BCUT2D eigenvalue weighted by Gasteiger charge is -2.16. The van der Waals surface area contributed by atoms with E-state index in [1.54, 1.807) is 6.07 Å². The number of carbonyl (C=O) groups excluding carboxylic acids is 1. The average Bonchev–Trinajstić information content (AvgIpc) is 2.96. The Labute approximate surface area is 160 Å². The number of hydrogen-bond donors (Lipinski definition) is 2. The smallest absolute Gasteiger partial charge is 0.236 e. The number of rotatable bonds is 6. The number of fused-ring (bicyclic) bond motifs is 1. The zero-order chi connectivity index (χ0) is 19.6. The second-order valence-electron chi connectivity index (χ2n) is 6.33. The van der Waals surface area contributed by atoms with Crippen LogP contribution in [-0.2, 0) is 22.3 Å². The van der Waals surface area contributed by atoms with Gasteiger partial charge >= 0.3 is 0 Å². The lowest BCUT2D eigenvalue weighted by atomic mass is 10.1. The van der Waals surface area contributed by atoms with Crippen molar-refractivity contribution < 1.29 is 9.00 Å². The molecule has 1 unspecified atom stereocenters. The van der Waals surface area contributed by atoms with E-state index in [9.17, 15) is 9.00 Å². The molecule has 27 heavy (non-hydrogen) atoms. The molecule has 1 heterocycles. The summed E-state index contributed by atoms with van der Waals surface area (Å²) < 4.78 is 15.8. The Bertz CT molecular complexity index is 1010. The Balaban J connectivity index is 1.83. The van der Waals surface area contributed by atoms with Gasteiger partial charge in [0, 0.05) is 13.6 Å². The van der Waals surface area contributed by atoms with E-state index in [0.717, 1.165) is 32.4 Å². The molecule has 7 nitrogen and oxygen atoms in total. The predicted octanol–water partition coefficient (Wildman–Crippen LogP) is 1.65. The van der Waals surface area contributed by atoms with Crippen LogP contribution in [0, 0.1) is 13.8 Å². The molecule has 3 rings (SSSR count). The summed E-state index contributed by atoms with van der Waals surface area (Å²) in [6.07, 6.45) is 0. The Hall–Kier alpha value is -2.55. The Kier molecular flexibility index (Phi) is 5.69. The van der Waals surface area contributed by atoms with E-state index in [1.807, 2.05) is 44.2 Å². The SMILES string of the molecule is CNC(=O)CN(N)S(=O)c1ccc(Cn2c(C)nc3ccccc32)cc1C. The van der Waals surface area contributed by atoms with Gasteiger partial charge in [0.05, 0.1) is 15.9 Å². The minimum absolute atomic E-state index is 0.134. The number of hydrazine groups is 1. The molecule has 1 amide bonds. The number of hydrogen-bond acceptors (Lipinski definition) is 4. The molecule has 0 aliphatic carbocycles. The maximum atomic E-state index is 12.6. The molecule has 0 radical (unpaired) electrons. The molecule has 0 saturated heterocycles. The molecule has 8 heteroatoms. The molecule has 142 valence electrons. The van der Waals surface area contributed by atoms with Gasteiger partial charge in [0.15, 0.2) is 0 Å². The fourth-order valence-corrected chi connectivity index (χ4v) is 4.00. The number of nitrogens with one attached hydrogen (secondary N) is 1. The molecule has 1 atom stereocenters. The lowest BCUT2D eigenvalue weighted by Crippen LogP contribution is -2.41. The zero-order valence-electron chi connectivity index (χ0n) is 15.6. The number of benzene rings is 2. The van der Waals surface area contributed by atoms with Crippen molar-refractivity contribution in [2.75, 3.05) is 13.6 Å². The van der Waals surface area contributed by atoms with Crippen molar-refractivity contribution >= 4 is 27.9 Å². The number of para-hydroxylation sites is 2. The number of aryl methyl sites for hydroxylation is 2. The average molecular weight is 385 g/mol. The van der Waals surface area contributed by atoms with Crippen molar-refractivity contribution in [2.45, 2.75) is 25.3 Å². The van der Waals surface area contributed by atoms with Crippen molar-refractivity contribution in [3.63, 3.8) is 0 Å². The first-order valence-corrected chi connectivity index (χ1v) is 9.67. The van der Waals surface area contributed by atoms with Crippen molar-refractivity contribution in [3.8, 4) is 0 Å². The molecule has 0 aliphatic heterocycles. The van der Waals surface area contributed by atoms with Gasteiger partial charge in [-0.1, -0.05) is 24.3 Å². The van der Waals surface area contributed by atoms with Crippen molar-refractivity contribution in [2.24, 2.45) is 5.84 Å². The maximum absolute atomic E-state index is 12.6. The molecule has 1 aromatic heterocycles. The molecular formula is C19H23N5O2S. The summed E-state index contributed by atoms with van der Waals surface area (Å²) in [6.45, 7) is 4.42. The summed E-state index contributed by atoms with van der Waals surface area (Å²) in [4.78, 5) is 16.6. The normalized spacial score (nSPS) is 12.5. The van der Waals surface area contributed by atoms with Crippen LogP contribution in [-0.4, -0.2) is 37.7 Å². The Morgan fingerprint density at radius 3 is 2.70 bits per heavy atom. The van der Waals surface area contributed by atoms with E-state index in [0.29, 0.717) is 11.4 Å².